The number of ether oxygens (including phenoxy) is 4. The van der Waals surface area contributed by atoms with Gasteiger partial charge in [0.1, 0.15) is 13.2 Å². The molecule has 0 saturated heterocycles. The van der Waals surface area contributed by atoms with E-state index >= 15 is 0 Å². The number of aromatic carboxylic acids is 1. The third-order valence-electron chi connectivity index (χ3n) is 4.40. The van der Waals surface area contributed by atoms with E-state index in [4.69, 9.17) is 18.9 Å². The first-order valence-corrected chi connectivity index (χ1v) is 10.5. The minimum Gasteiger partial charge on any atom is -0.493 e. The second kappa shape index (κ2) is 10.7. The normalized spacial score (nSPS) is 10.4. The summed E-state index contributed by atoms with van der Waals surface area (Å²) in [6.07, 6.45) is 0. The third kappa shape index (κ3) is 5.92. The largest absolute Gasteiger partial charge is 0.493 e. The van der Waals surface area contributed by atoms with Crippen molar-refractivity contribution in [1.29, 1.82) is 0 Å². The lowest BCUT2D eigenvalue weighted by Crippen LogP contribution is -2.04. The summed E-state index contributed by atoms with van der Waals surface area (Å²) in [7, 11) is 1.59. The number of carbonyl (C=O) groups is 1. The van der Waals surface area contributed by atoms with Crippen molar-refractivity contribution in [1.82, 2.24) is 0 Å². The van der Waals surface area contributed by atoms with Crippen molar-refractivity contribution in [3.63, 3.8) is 0 Å². The molecule has 0 spiro atoms. The molecule has 3 aromatic carbocycles. The van der Waals surface area contributed by atoms with Gasteiger partial charge in [-0.1, -0.05) is 36.4 Å². The molecule has 3 aromatic rings. The van der Waals surface area contributed by atoms with Crippen LogP contribution in [0.3, 0.4) is 0 Å². The highest BCUT2D eigenvalue weighted by Gasteiger charge is 2.16. The van der Waals surface area contributed by atoms with E-state index in [1.165, 1.54) is 12.1 Å². The van der Waals surface area contributed by atoms with E-state index in [0.717, 1.165) is 11.1 Å². The van der Waals surface area contributed by atoms with Crippen LogP contribution in [0.15, 0.2) is 65.1 Å². The monoisotopic (exact) mass is 486 g/mol. The standard InChI is InChI=1S/C24H23BrO6/c1-3-29-22-13-18(24(26)27)12-19(25)23(22)31-15-17-9-10-20(21(11-17)28-2)30-14-16-7-5-4-6-8-16/h4-13H,3,14-15H2,1-2H3,(H,26,27). The first kappa shape index (κ1) is 22.5. The lowest BCUT2D eigenvalue weighted by Gasteiger charge is -2.16. The van der Waals surface area contributed by atoms with Crippen molar-refractivity contribution >= 4 is 21.9 Å². The van der Waals surface area contributed by atoms with Crippen LogP contribution in [0.4, 0.5) is 0 Å². The smallest absolute Gasteiger partial charge is 0.335 e. The van der Waals surface area contributed by atoms with Gasteiger partial charge in [-0.3, -0.25) is 0 Å². The number of carboxylic acid groups (broad SMARTS) is 1. The van der Waals surface area contributed by atoms with Gasteiger partial charge in [0.25, 0.3) is 0 Å². The number of rotatable bonds is 10. The zero-order chi connectivity index (χ0) is 22.2. The Labute approximate surface area is 189 Å². The molecule has 0 heterocycles. The average molecular weight is 487 g/mol. The highest BCUT2D eigenvalue weighted by Crippen LogP contribution is 2.38. The van der Waals surface area contributed by atoms with Crippen molar-refractivity contribution in [2.45, 2.75) is 20.1 Å². The summed E-state index contributed by atoms with van der Waals surface area (Å²) in [6, 6.07) is 18.4. The minimum atomic E-state index is -1.04. The van der Waals surface area contributed by atoms with Gasteiger partial charge in [-0.25, -0.2) is 4.79 Å². The molecular weight excluding hydrogens is 464 g/mol. The van der Waals surface area contributed by atoms with Crippen molar-refractivity contribution in [2.75, 3.05) is 13.7 Å². The second-order valence-electron chi connectivity index (χ2n) is 6.57. The molecule has 6 nitrogen and oxygen atoms in total. The maximum Gasteiger partial charge on any atom is 0.335 e. The van der Waals surface area contributed by atoms with E-state index in [1.54, 1.807) is 7.11 Å². The van der Waals surface area contributed by atoms with Crippen molar-refractivity contribution in [3.05, 3.63) is 81.8 Å². The number of halogens is 1. The molecule has 0 aliphatic heterocycles. The highest BCUT2D eigenvalue weighted by molar-refractivity contribution is 9.10. The van der Waals surface area contributed by atoms with Gasteiger partial charge in [0.15, 0.2) is 23.0 Å². The molecule has 0 radical (unpaired) electrons. The van der Waals surface area contributed by atoms with E-state index < -0.39 is 5.97 Å². The molecule has 31 heavy (non-hydrogen) atoms. The molecule has 162 valence electrons. The molecule has 0 fully saturated rings. The zero-order valence-corrected chi connectivity index (χ0v) is 18.8. The number of hydrogen-bond donors (Lipinski definition) is 1. The Morgan fingerprint density at radius 1 is 0.871 bits per heavy atom. The first-order valence-electron chi connectivity index (χ1n) is 9.68. The molecular formula is C24H23BrO6. The molecule has 0 unspecified atom stereocenters. The predicted molar refractivity (Wildman–Crippen MR) is 120 cm³/mol. The van der Waals surface area contributed by atoms with Gasteiger partial charge in [0, 0.05) is 0 Å². The van der Waals surface area contributed by atoms with Crippen LogP contribution in [0.5, 0.6) is 23.0 Å². The number of carboxylic acids is 1. The summed E-state index contributed by atoms with van der Waals surface area (Å²) < 4.78 is 23.4. The fourth-order valence-electron chi connectivity index (χ4n) is 2.91. The van der Waals surface area contributed by atoms with Gasteiger partial charge in [0.2, 0.25) is 0 Å². The summed E-state index contributed by atoms with van der Waals surface area (Å²) in [5.41, 5.74) is 2.04. The molecule has 7 heteroatoms. The van der Waals surface area contributed by atoms with E-state index in [1.807, 2.05) is 55.5 Å². The number of hydrogen-bond acceptors (Lipinski definition) is 5. The Morgan fingerprint density at radius 3 is 2.29 bits per heavy atom. The van der Waals surface area contributed by atoms with Gasteiger partial charge < -0.3 is 24.1 Å². The summed E-state index contributed by atoms with van der Waals surface area (Å²) in [6.45, 7) is 2.88. The number of methoxy groups -OCH3 is 1. The van der Waals surface area contributed by atoms with E-state index in [9.17, 15) is 9.90 Å². The summed E-state index contributed by atoms with van der Waals surface area (Å²) in [5, 5.41) is 9.26. The molecule has 0 aromatic heterocycles. The van der Waals surface area contributed by atoms with Crippen LogP contribution in [0.1, 0.15) is 28.4 Å². The highest BCUT2D eigenvalue weighted by atomic mass is 79.9. The predicted octanol–water partition coefficient (Wildman–Crippen LogP) is 5.71. The maximum atomic E-state index is 11.3. The maximum absolute atomic E-state index is 11.3. The molecule has 1 N–H and O–H groups in total. The van der Waals surface area contributed by atoms with Crippen molar-refractivity contribution in [3.8, 4) is 23.0 Å². The van der Waals surface area contributed by atoms with Gasteiger partial charge in [-0.2, -0.15) is 0 Å². The van der Waals surface area contributed by atoms with E-state index in [-0.39, 0.29) is 12.2 Å². The van der Waals surface area contributed by atoms with Crippen LogP contribution in [0.2, 0.25) is 0 Å². The molecule has 0 aliphatic carbocycles. The summed E-state index contributed by atoms with van der Waals surface area (Å²) >= 11 is 3.38. The van der Waals surface area contributed by atoms with Crippen LogP contribution in [-0.4, -0.2) is 24.8 Å². The van der Waals surface area contributed by atoms with Gasteiger partial charge in [-0.05, 0) is 58.2 Å². The average Bonchev–Trinajstić information content (AvgIpc) is 2.78. The number of benzene rings is 3. The topological polar surface area (TPSA) is 74.2 Å². The van der Waals surface area contributed by atoms with Crippen LogP contribution < -0.4 is 18.9 Å². The molecule has 0 saturated carbocycles. The Balaban J connectivity index is 1.74. The van der Waals surface area contributed by atoms with Gasteiger partial charge in [-0.15, -0.1) is 0 Å². The molecule has 0 atom stereocenters. The van der Waals surface area contributed by atoms with Crippen molar-refractivity contribution < 1.29 is 28.8 Å². The zero-order valence-electron chi connectivity index (χ0n) is 17.3. The van der Waals surface area contributed by atoms with E-state index in [0.29, 0.717) is 40.7 Å². The Kier molecular flexibility index (Phi) is 7.78. The van der Waals surface area contributed by atoms with Crippen molar-refractivity contribution in [2.24, 2.45) is 0 Å². The molecule has 0 bridgehead atoms. The lowest BCUT2D eigenvalue weighted by molar-refractivity contribution is 0.0696. The van der Waals surface area contributed by atoms with Crippen LogP contribution >= 0.6 is 15.9 Å². The fraction of sp³-hybridized carbons (Fsp3) is 0.208. The Bertz CT molecular complexity index is 1040. The Hall–Kier alpha value is -3.19. The van der Waals surface area contributed by atoms with Crippen LogP contribution in [0.25, 0.3) is 0 Å². The van der Waals surface area contributed by atoms with Crippen LogP contribution in [0, 0.1) is 0 Å². The first-order chi connectivity index (χ1) is 15.0. The SMILES string of the molecule is CCOc1cc(C(=O)O)cc(Br)c1OCc1ccc(OCc2ccccc2)c(OC)c1. The van der Waals surface area contributed by atoms with Crippen LogP contribution in [-0.2, 0) is 13.2 Å². The molecule has 3 rings (SSSR count). The third-order valence-corrected chi connectivity index (χ3v) is 4.99. The minimum absolute atomic E-state index is 0.115. The lowest BCUT2D eigenvalue weighted by atomic mass is 10.2. The van der Waals surface area contributed by atoms with E-state index in [2.05, 4.69) is 15.9 Å². The Morgan fingerprint density at radius 2 is 1.61 bits per heavy atom. The quantitative estimate of drug-likeness (QED) is 0.395. The summed E-state index contributed by atoms with van der Waals surface area (Å²) in [4.78, 5) is 11.3. The van der Waals surface area contributed by atoms with Gasteiger partial charge in [0.05, 0.1) is 23.8 Å². The molecule has 0 aliphatic rings. The fourth-order valence-corrected chi connectivity index (χ4v) is 3.46. The van der Waals surface area contributed by atoms with Gasteiger partial charge >= 0.3 is 5.97 Å². The summed E-state index contributed by atoms with van der Waals surface area (Å²) in [5.74, 6) is 1.00. The second-order valence-corrected chi connectivity index (χ2v) is 7.43. The molecule has 0 amide bonds.